The van der Waals surface area contributed by atoms with Gasteiger partial charge in [-0.1, -0.05) is 72.0 Å². The molecule has 0 bridgehead atoms. The highest BCUT2D eigenvalue weighted by Gasteiger charge is 2.33. The molecule has 0 aliphatic carbocycles. The average Bonchev–Trinajstić information content (AvgIpc) is 2.83. The molecule has 5 heteroatoms. The fourth-order valence-corrected chi connectivity index (χ4v) is 3.82. The molecule has 1 aliphatic heterocycles. The molecule has 24 heavy (non-hydrogen) atoms. The van der Waals surface area contributed by atoms with Crippen molar-refractivity contribution in [3.8, 4) is 0 Å². The van der Waals surface area contributed by atoms with Crippen molar-refractivity contribution in [3.05, 3.63) is 81.7 Å². The number of allylic oxidation sites excluding steroid dienone is 2. The number of nitrogens with zero attached hydrogens (tertiary/aromatic N) is 1. The van der Waals surface area contributed by atoms with Gasteiger partial charge in [-0.3, -0.25) is 9.69 Å². The number of hydrogen-bond donors (Lipinski definition) is 0. The molecule has 3 rings (SSSR count). The van der Waals surface area contributed by atoms with Crippen molar-refractivity contribution < 1.29 is 4.79 Å². The van der Waals surface area contributed by atoms with Crippen molar-refractivity contribution in [1.29, 1.82) is 0 Å². The van der Waals surface area contributed by atoms with Crippen LogP contribution in [0, 0.1) is 0 Å². The molecule has 2 aromatic carbocycles. The maximum Gasteiger partial charge on any atom is 0.270 e. The van der Waals surface area contributed by atoms with Crippen molar-refractivity contribution in [2.75, 3.05) is 4.90 Å². The van der Waals surface area contributed by atoms with Crippen LogP contribution in [0.4, 0.5) is 5.69 Å². The summed E-state index contributed by atoms with van der Waals surface area (Å²) in [5, 5.41) is 0.626. The number of rotatable bonds is 3. The Morgan fingerprint density at radius 3 is 2.46 bits per heavy atom. The lowest BCUT2D eigenvalue weighted by atomic mass is 10.1. The second-order valence-corrected chi connectivity index (χ2v) is 7.40. The van der Waals surface area contributed by atoms with Gasteiger partial charge in [0.15, 0.2) is 4.32 Å². The molecular weight excluding hydrogens is 358 g/mol. The molecule has 1 saturated heterocycles. The van der Waals surface area contributed by atoms with Gasteiger partial charge in [0.25, 0.3) is 5.91 Å². The van der Waals surface area contributed by atoms with Crippen LogP contribution in [-0.4, -0.2) is 10.2 Å². The highest BCUT2D eigenvalue weighted by molar-refractivity contribution is 8.27. The van der Waals surface area contributed by atoms with Gasteiger partial charge in [-0.05, 0) is 48.4 Å². The first-order valence-electron chi connectivity index (χ1n) is 7.31. The van der Waals surface area contributed by atoms with Gasteiger partial charge in [-0.2, -0.15) is 0 Å². The molecule has 0 spiro atoms. The Kier molecular flexibility index (Phi) is 5.19. The van der Waals surface area contributed by atoms with E-state index in [1.807, 2.05) is 49.4 Å². The number of benzene rings is 2. The molecule has 1 fully saturated rings. The largest absolute Gasteiger partial charge is 0.270 e. The molecule has 0 atom stereocenters. The molecule has 0 aromatic heterocycles. The molecule has 2 nitrogen and oxygen atoms in total. The average molecular weight is 372 g/mol. The van der Waals surface area contributed by atoms with E-state index in [4.69, 9.17) is 23.8 Å². The Labute approximate surface area is 155 Å². The lowest BCUT2D eigenvalue weighted by molar-refractivity contribution is -0.113. The van der Waals surface area contributed by atoms with Crippen molar-refractivity contribution in [2.45, 2.75) is 6.92 Å². The maximum atomic E-state index is 12.7. The van der Waals surface area contributed by atoms with Gasteiger partial charge < -0.3 is 0 Å². The first-order chi connectivity index (χ1) is 11.5. The van der Waals surface area contributed by atoms with Crippen molar-refractivity contribution in [2.24, 2.45) is 0 Å². The van der Waals surface area contributed by atoms with Gasteiger partial charge in [0.05, 0.1) is 10.6 Å². The second kappa shape index (κ2) is 7.34. The molecule has 1 aliphatic rings. The van der Waals surface area contributed by atoms with Gasteiger partial charge >= 0.3 is 0 Å². The van der Waals surface area contributed by atoms with Gasteiger partial charge in [0, 0.05) is 5.02 Å². The number of thioether (sulfide) groups is 1. The zero-order valence-electron chi connectivity index (χ0n) is 12.9. The molecular formula is C19H14ClNOS2. The Morgan fingerprint density at radius 2 is 1.79 bits per heavy atom. The Hall–Kier alpha value is -1.88. The van der Waals surface area contributed by atoms with Crippen LogP contribution in [0.1, 0.15) is 12.5 Å². The standard InChI is InChI=1S/C19H14ClNOS2/c1-13(11-14-5-3-2-4-6-14)12-17-18(22)21(19(23)24-17)16-9-7-15(20)8-10-16/h2-12H,1H3. The van der Waals surface area contributed by atoms with Crippen molar-refractivity contribution >= 4 is 57.6 Å². The molecule has 0 radical (unpaired) electrons. The summed E-state index contributed by atoms with van der Waals surface area (Å²) in [6, 6.07) is 17.1. The van der Waals surface area contributed by atoms with Crippen LogP contribution in [0.15, 0.2) is 71.2 Å². The normalized spacial score (nSPS) is 17.0. The summed E-state index contributed by atoms with van der Waals surface area (Å²) >= 11 is 12.6. The fourth-order valence-electron chi connectivity index (χ4n) is 2.34. The summed E-state index contributed by atoms with van der Waals surface area (Å²) < 4.78 is 0.529. The summed E-state index contributed by atoms with van der Waals surface area (Å²) in [5.41, 5.74) is 2.83. The van der Waals surface area contributed by atoms with E-state index in [0.29, 0.717) is 14.2 Å². The third-order valence-electron chi connectivity index (χ3n) is 3.43. The molecule has 2 aromatic rings. The Balaban J connectivity index is 1.85. The Morgan fingerprint density at radius 1 is 1.12 bits per heavy atom. The third-order valence-corrected chi connectivity index (χ3v) is 4.99. The van der Waals surface area contributed by atoms with Gasteiger partial charge in [-0.25, -0.2) is 0 Å². The van der Waals surface area contributed by atoms with Gasteiger partial charge in [0.2, 0.25) is 0 Å². The molecule has 0 N–H and O–H groups in total. The van der Waals surface area contributed by atoms with Crippen molar-refractivity contribution in [1.82, 2.24) is 0 Å². The first-order valence-corrected chi connectivity index (χ1v) is 8.92. The zero-order valence-corrected chi connectivity index (χ0v) is 15.3. The predicted molar refractivity (Wildman–Crippen MR) is 107 cm³/mol. The quantitative estimate of drug-likeness (QED) is 0.510. The summed E-state index contributed by atoms with van der Waals surface area (Å²) in [6.07, 6.45) is 3.91. The zero-order chi connectivity index (χ0) is 17.1. The predicted octanol–water partition coefficient (Wildman–Crippen LogP) is 5.69. The lowest BCUT2D eigenvalue weighted by Gasteiger charge is -2.14. The second-order valence-electron chi connectivity index (χ2n) is 5.29. The maximum absolute atomic E-state index is 12.7. The molecule has 1 heterocycles. The summed E-state index contributed by atoms with van der Waals surface area (Å²) in [5.74, 6) is -0.104. The van der Waals surface area contributed by atoms with E-state index >= 15 is 0 Å². The monoisotopic (exact) mass is 371 g/mol. The molecule has 120 valence electrons. The van der Waals surface area contributed by atoms with E-state index in [2.05, 4.69) is 0 Å². The minimum atomic E-state index is -0.104. The van der Waals surface area contributed by atoms with Crippen LogP contribution in [0.5, 0.6) is 0 Å². The molecule has 1 amide bonds. The minimum absolute atomic E-state index is 0.104. The first kappa shape index (κ1) is 17.0. The summed E-state index contributed by atoms with van der Waals surface area (Å²) in [4.78, 5) is 14.8. The molecule has 0 unspecified atom stereocenters. The number of thiocarbonyl (C=S) groups is 1. The number of anilines is 1. The van der Waals surface area contributed by atoms with E-state index < -0.39 is 0 Å². The number of carbonyl (C=O) groups excluding carboxylic acids is 1. The lowest BCUT2D eigenvalue weighted by Crippen LogP contribution is -2.27. The smallest absolute Gasteiger partial charge is 0.268 e. The van der Waals surface area contributed by atoms with E-state index in [-0.39, 0.29) is 5.91 Å². The number of hydrogen-bond acceptors (Lipinski definition) is 3. The van der Waals surface area contributed by atoms with Crippen LogP contribution in [0.3, 0.4) is 0 Å². The van der Waals surface area contributed by atoms with E-state index in [1.165, 1.54) is 16.7 Å². The van der Waals surface area contributed by atoms with Crippen LogP contribution >= 0.6 is 35.6 Å². The van der Waals surface area contributed by atoms with Crippen LogP contribution in [-0.2, 0) is 4.79 Å². The van der Waals surface area contributed by atoms with Gasteiger partial charge in [-0.15, -0.1) is 0 Å². The van der Waals surface area contributed by atoms with E-state index in [0.717, 1.165) is 16.8 Å². The van der Waals surface area contributed by atoms with E-state index in [1.54, 1.807) is 24.3 Å². The summed E-state index contributed by atoms with van der Waals surface area (Å²) in [6.45, 7) is 1.97. The number of carbonyl (C=O) groups is 1. The molecule has 0 saturated carbocycles. The number of halogens is 1. The van der Waals surface area contributed by atoms with Gasteiger partial charge in [0.1, 0.15) is 0 Å². The highest BCUT2D eigenvalue weighted by atomic mass is 35.5. The SMILES string of the molecule is CC(=Cc1ccccc1)C=C1SC(=S)N(c2ccc(Cl)cc2)C1=O. The van der Waals surface area contributed by atoms with E-state index in [9.17, 15) is 4.79 Å². The third kappa shape index (κ3) is 3.78. The van der Waals surface area contributed by atoms with Crippen LogP contribution in [0.25, 0.3) is 6.08 Å². The highest BCUT2D eigenvalue weighted by Crippen LogP contribution is 2.35. The van der Waals surface area contributed by atoms with Crippen LogP contribution < -0.4 is 4.90 Å². The fraction of sp³-hybridized carbons (Fsp3) is 0.0526. The van der Waals surface area contributed by atoms with Crippen molar-refractivity contribution in [3.63, 3.8) is 0 Å². The topological polar surface area (TPSA) is 20.3 Å². The van der Waals surface area contributed by atoms with Crippen LogP contribution in [0.2, 0.25) is 5.02 Å². The Bertz CT molecular complexity index is 841. The minimum Gasteiger partial charge on any atom is -0.268 e. The number of amides is 1. The summed E-state index contributed by atoms with van der Waals surface area (Å²) in [7, 11) is 0.